The summed E-state index contributed by atoms with van der Waals surface area (Å²) in [6.07, 6.45) is 8.42. The molecule has 4 rings (SSSR count). The summed E-state index contributed by atoms with van der Waals surface area (Å²) >= 11 is 0. The van der Waals surface area contributed by atoms with Crippen molar-refractivity contribution >= 4 is 0 Å². The van der Waals surface area contributed by atoms with Gasteiger partial charge in [-0.15, -0.1) is 0 Å². The van der Waals surface area contributed by atoms with Crippen LogP contribution in [0.15, 0.2) is 12.3 Å². The van der Waals surface area contributed by atoms with E-state index in [0.717, 1.165) is 31.8 Å². The minimum atomic E-state index is 0.163. The first-order valence-corrected chi connectivity index (χ1v) is 10.00. The maximum Gasteiger partial charge on any atom is 0.0901 e. The molecule has 1 saturated heterocycles. The Kier molecular flexibility index (Phi) is 5.14. The zero-order valence-corrected chi connectivity index (χ0v) is 16.2. The van der Waals surface area contributed by atoms with Crippen molar-refractivity contribution in [2.45, 2.75) is 64.6 Å². The summed E-state index contributed by atoms with van der Waals surface area (Å²) in [4.78, 5) is 0. The summed E-state index contributed by atoms with van der Waals surface area (Å²) in [6, 6.07) is 2.76. The number of aromatic nitrogens is 4. The largest absolute Gasteiger partial charge is 0.373 e. The fourth-order valence-corrected chi connectivity index (χ4v) is 4.71. The van der Waals surface area contributed by atoms with Crippen molar-refractivity contribution in [1.82, 2.24) is 24.9 Å². The van der Waals surface area contributed by atoms with Crippen molar-refractivity contribution in [2.24, 2.45) is 13.0 Å². The predicted octanol–water partition coefficient (Wildman–Crippen LogP) is 3.22. The van der Waals surface area contributed by atoms with Gasteiger partial charge in [0, 0.05) is 50.1 Å². The zero-order valence-electron chi connectivity index (χ0n) is 16.2. The fourth-order valence-electron chi connectivity index (χ4n) is 4.71. The Hall–Kier alpha value is -1.66. The van der Waals surface area contributed by atoms with Crippen molar-refractivity contribution in [3.05, 3.63) is 34.9 Å². The van der Waals surface area contributed by atoms with Crippen LogP contribution in [0.4, 0.5) is 0 Å². The van der Waals surface area contributed by atoms with E-state index in [1.165, 1.54) is 42.6 Å². The van der Waals surface area contributed by atoms with E-state index in [4.69, 9.17) is 4.74 Å². The summed E-state index contributed by atoms with van der Waals surface area (Å²) in [6.45, 7) is 6.92. The van der Waals surface area contributed by atoms with E-state index in [2.05, 4.69) is 40.1 Å². The Morgan fingerprint density at radius 2 is 2.04 bits per heavy atom. The van der Waals surface area contributed by atoms with E-state index < -0.39 is 0 Å². The molecular formula is C20H31N5O. The molecule has 1 aliphatic heterocycles. The highest BCUT2D eigenvalue weighted by atomic mass is 16.5. The Bertz CT molecular complexity index is 743. The van der Waals surface area contributed by atoms with Crippen LogP contribution in [0.1, 0.15) is 66.9 Å². The molecule has 0 bridgehead atoms. The van der Waals surface area contributed by atoms with Crippen LogP contribution in [-0.2, 0) is 18.3 Å². The molecule has 26 heavy (non-hydrogen) atoms. The van der Waals surface area contributed by atoms with E-state index in [0.29, 0.717) is 12.0 Å². The van der Waals surface area contributed by atoms with Crippen LogP contribution >= 0.6 is 0 Å². The third-order valence-electron chi connectivity index (χ3n) is 6.20. The van der Waals surface area contributed by atoms with Gasteiger partial charge >= 0.3 is 0 Å². The number of nitrogens with one attached hydrogen (secondary N) is 1. The molecule has 2 aliphatic rings. The van der Waals surface area contributed by atoms with Crippen LogP contribution < -0.4 is 5.32 Å². The van der Waals surface area contributed by atoms with Gasteiger partial charge in [-0.05, 0) is 39.2 Å². The van der Waals surface area contributed by atoms with Gasteiger partial charge in [-0.1, -0.05) is 12.8 Å². The molecule has 0 unspecified atom stereocenters. The van der Waals surface area contributed by atoms with Crippen LogP contribution in [0.3, 0.4) is 0 Å². The molecule has 6 heteroatoms. The average Bonchev–Trinajstić information content (AvgIpc) is 3.38. The number of nitrogens with zero attached hydrogens (tertiary/aromatic N) is 4. The van der Waals surface area contributed by atoms with Gasteiger partial charge in [0.1, 0.15) is 0 Å². The lowest BCUT2D eigenvalue weighted by molar-refractivity contribution is 0.0893. The lowest BCUT2D eigenvalue weighted by Gasteiger charge is -2.20. The SMILES string of the molecule is Cc1nn(C)c(C)c1[C@H]1OCC[C@@H]1CNCc1ccnn1C1CCCC1. The molecule has 2 atom stereocenters. The molecule has 6 nitrogen and oxygen atoms in total. The van der Waals surface area contributed by atoms with Gasteiger partial charge in [0.15, 0.2) is 0 Å². The molecule has 0 amide bonds. The number of aryl methyl sites for hydroxylation is 2. The van der Waals surface area contributed by atoms with Crippen LogP contribution in [0.5, 0.6) is 0 Å². The maximum atomic E-state index is 6.11. The van der Waals surface area contributed by atoms with E-state index in [1.54, 1.807) is 0 Å². The second kappa shape index (κ2) is 7.53. The molecule has 2 aromatic rings. The predicted molar refractivity (Wildman–Crippen MR) is 101 cm³/mol. The minimum Gasteiger partial charge on any atom is -0.373 e. The van der Waals surface area contributed by atoms with Gasteiger partial charge in [0.25, 0.3) is 0 Å². The number of rotatable bonds is 6. The van der Waals surface area contributed by atoms with Crippen molar-refractivity contribution < 1.29 is 4.74 Å². The van der Waals surface area contributed by atoms with Gasteiger partial charge in [-0.25, -0.2) is 0 Å². The normalized spacial score (nSPS) is 24.0. The Labute approximate surface area is 155 Å². The summed E-state index contributed by atoms with van der Waals surface area (Å²) in [5.41, 5.74) is 4.91. The summed E-state index contributed by atoms with van der Waals surface area (Å²) in [5, 5.41) is 12.8. The van der Waals surface area contributed by atoms with Crippen molar-refractivity contribution in [3.63, 3.8) is 0 Å². The third-order valence-corrected chi connectivity index (χ3v) is 6.20. The van der Waals surface area contributed by atoms with Crippen LogP contribution in [-0.4, -0.2) is 32.7 Å². The van der Waals surface area contributed by atoms with Crippen LogP contribution in [0.2, 0.25) is 0 Å². The number of hydrogen-bond acceptors (Lipinski definition) is 4. The first-order valence-electron chi connectivity index (χ1n) is 10.00. The standard InChI is InChI=1S/C20H31N5O/c1-14-19(15(2)24(3)23-14)20-16(9-11-26-20)12-21-13-18-8-10-22-25(18)17-6-4-5-7-17/h8,10,16-17,20-21H,4-7,9,11-13H2,1-3H3/t16-,20+/m1/s1. The molecule has 1 aliphatic carbocycles. The Morgan fingerprint density at radius 3 is 2.77 bits per heavy atom. The Balaban J connectivity index is 1.38. The van der Waals surface area contributed by atoms with Crippen LogP contribution in [0.25, 0.3) is 0 Å². The quantitative estimate of drug-likeness (QED) is 0.862. The van der Waals surface area contributed by atoms with Gasteiger partial charge in [0.2, 0.25) is 0 Å². The average molecular weight is 358 g/mol. The summed E-state index contributed by atoms with van der Waals surface area (Å²) < 4.78 is 10.3. The fraction of sp³-hybridized carbons (Fsp3) is 0.700. The molecule has 1 N–H and O–H groups in total. The molecule has 2 aromatic heterocycles. The van der Waals surface area contributed by atoms with Gasteiger partial charge < -0.3 is 10.1 Å². The summed E-state index contributed by atoms with van der Waals surface area (Å²) in [5.74, 6) is 0.499. The first kappa shape index (κ1) is 17.7. The van der Waals surface area contributed by atoms with Gasteiger partial charge in [-0.2, -0.15) is 10.2 Å². The number of hydrogen-bond donors (Lipinski definition) is 1. The molecule has 0 radical (unpaired) electrons. The second-order valence-electron chi connectivity index (χ2n) is 7.88. The topological polar surface area (TPSA) is 56.9 Å². The van der Waals surface area contributed by atoms with E-state index in [9.17, 15) is 0 Å². The lowest BCUT2D eigenvalue weighted by atomic mass is 9.94. The third kappa shape index (κ3) is 3.32. The second-order valence-corrected chi connectivity index (χ2v) is 7.88. The molecule has 142 valence electrons. The van der Waals surface area contributed by atoms with Crippen molar-refractivity contribution in [3.8, 4) is 0 Å². The van der Waals surface area contributed by atoms with E-state index >= 15 is 0 Å². The lowest BCUT2D eigenvalue weighted by Crippen LogP contribution is -2.26. The molecule has 2 fully saturated rings. The van der Waals surface area contributed by atoms with Gasteiger partial charge in [-0.3, -0.25) is 9.36 Å². The highest BCUT2D eigenvalue weighted by Gasteiger charge is 2.33. The van der Waals surface area contributed by atoms with Gasteiger partial charge in [0.05, 0.1) is 23.5 Å². The molecule has 3 heterocycles. The Morgan fingerprint density at radius 1 is 1.23 bits per heavy atom. The first-order chi connectivity index (χ1) is 12.6. The summed E-state index contributed by atoms with van der Waals surface area (Å²) in [7, 11) is 2.01. The van der Waals surface area contributed by atoms with Crippen molar-refractivity contribution in [1.29, 1.82) is 0 Å². The number of ether oxygens (including phenoxy) is 1. The minimum absolute atomic E-state index is 0.163. The maximum absolute atomic E-state index is 6.11. The molecular weight excluding hydrogens is 326 g/mol. The van der Waals surface area contributed by atoms with Crippen LogP contribution in [0, 0.1) is 19.8 Å². The van der Waals surface area contributed by atoms with Crippen molar-refractivity contribution in [2.75, 3.05) is 13.2 Å². The molecule has 1 saturated carbocycles. The smallest absolute Gasteiger partial charge is 0.0901 e. The zero-order chi connectivity index (χ0) is 18.1. The highest BCUT2D eigenvalue weighted by Crippen LogP contribution is 2.37. The highest BCUT2D eigenvalue weighted by molar-refractivity contribution is 5.28. The van der Waals surface area contributed by atoms with E-state index in [-0.39, 0.29) is 6.10 Å². The molecule has 0 aromatic carbocycles. The van der Waals surface area contributed by atoms with E-state index in [1.807, 2.05) is 17.9 Å². The molecule has 0 spiro atoms. The monoisotopic (exact) mass is 357 g/mol.